The van der Waals surface area contributed by atoms with E-state index in [1.54, 1.807) is 6.07 Å². The monoisotopic (exact) mass is 267 g/mol. The fraction of sp³-hybridized carbons (Fsp3) is 0.308. The number of aromatic nitrogens is 2. The highest BCUT2D eigenvalue weighted by molar-refractivity contribution is 5.69. The van der Waals surface area contributed by atoms with E-state index in [1.807, 2.05) is 0 Å². The summed E-state index contributed by atoms with van der Waals surface area (Å²) >= 11 is 0. The van der Waals surface area contributed by atoms with E-state index in [0.717, 1.165) is 18.9 Å². The molecule has 1 aliphatic carbocycles. The first kappa shape index (κ1) is 12.2. The van der Waals surface area contributed by atoms with Crippen molar-refractivity contribution in [2.24, 2.45) is 5.73 Å². The number of halogens is 3. The van der Waals surface area contributed by atoms with Crippen molar-refractivity contribution in [3.8, 4) is 11.3 Å². The zero-order valence-electron chi connectivity index (χ0n) is 9.96. The molecular formula is C13H12F3N3. The Morgan fingerprint density at radius 2 is 1.89 bits per heavy atom. The highest BCUT2D eigenvalue weighted by atomic mass is 19.4. The predicted octanol–water partition coefficient (Wildman–Crippen LogP) is 3.04. The quantitative estimate of drug-likeness (QED) is 0.878. The molecule has 1 saturated carbocycles. The number of benzene rings is 1. The van der Waals surface area contributed by atoms with Gasteiger partial charge in [0, 0.05) is 16.7 Å². The van der Waals surface area contributed by atoms with Gasteiger partial charge in [-0.1, -0.05) is 18.2 Å². The third-order valence-corrected chi connectivity index (χ3v) is 3.47. The van der Waals surface area contributed by atoms with Crippen molar-refractivity contribution in [2.75, 3.05) is 0 Å². The van der Waals surface area contributed by atoms with E-state index in [9.17, 15) is 13.2 Å². The molecule has 3 nitrogen and oxygen atoms in total. The van der Waals surface area contributed by atoms with Crippen molar-refractivity contribution in [1.29, 1.82) is 0 Å². The molecule has 1 aromatic carbocycles. The zero-order valence-corrected chi connectivity index (χ0v) is 9.96. The lowest BCUT2D eigenvalue weighted by molar-refractivity contribution is -0.137. The van der Waals surface area contributed by atoms with Gasteiger partial charge in [-0.25, -0.2) is 0 Å². The maximum Gasteiger partial charge on any atom is 0.417 e. The Hall–Kier alpha value is -1.82. The molecule has 3 N–H and O–H groups in total. The van der Waals surface area contributed by atoms with Gasteiger partial charge in [0.05, 0.1) is 17.5 Å². The van der Waals surface area contributed by atoms with Gasteiger partial charge in [-0.3, -0.25) is 5.10 Å². The molecule has 0 amide bonds. The largest absolute Gasteiger partial charge is 0.417 e. The van der Waals surface area contributed by atoms with Gasteiger partial charge in [-0.15, -0.1) is 0 Å². The second-order valence-corrected chi connectivity index (χ2v) is 4.86. The number of hydrogen-bond donors (Lipinski definition) is 2. The summed E-state index contributed by atoms with van der Waals surface area (Å²) in [4.78, 5) is 0. The number of nitrogens with zero attached hydrogens (tertiary/aromatic N) is 1. The highest BCUT2D eigenvalue weighted by Crippen LogP contribution is 2.47. The standard InChI is InChI=1S/C13H12F3N3/c14-13(15,16)9-4-2-1-3-8(9)11-10(7-18-19-11)12(17)5-6-12/h1-4,7H,5-6,17H2,(H,18,19). The van der Waals surface area contributed by atoms with Crippen LogP contribution in [0.1, 0.15) is 24.0 Å². The Balaban J connectivity index is 2.16. The van der Waals surface area contributed by atoms with Crippen molar-refractivity contribution >= 4 is 0 Å². The average Bonchev–Trinajstić information content (AvgIpc) is 2.93. The van der Waals surface area contributed by atoms with E-state index in [2.05, 4.69) is 10.2 Å². The highest BCUT2D eigenvalue weighted by Gasteiger charge is 2.44. The lowest BCUT2D eigenvalue weighted by Crippen LogP contribution is -2.19. The number of nitrogens with two attached hydrogens (primary N) is 1. The molecule has 0 aliphatic heterocycles. The van der Waals surface area contributed by atoms with Crippen LogP contribution in [0.4, 0.5) is 13.2 Å². The molecule has 1 heterocycles. The minimum Gasteiger partial charge on any atom is -0.321 e. The number of nitrogens with one attached hydrogen (secondary N) is 1. The smallest absolute Gasteiger partial charge is 0.321 e. The number of hydrogen-bond acceptors (Lipinski definition) is 2. The first-order valence-corrected chi connectivity index (χ1v) is 5.91. The first-order valence-electron chi connectivity index (χ1n) is 5.91. The van der Waals surface area contributed by atoms with Crippen LogP contribution in [0, 0.1) is 0 Å². The van der Waals surface area contributed by atoms with Crippen LogP contribution in [0.2, 0.25) is 0 Å². The summed E-state index contributed by atoms with van der Waals surface area (Å²) < 4.78 is 39.1. The van der Waals surface area contributed by atoms with Crippen LogP contribution in [0.3, 0.4) is 0 Å². The second kappa shape index (κ2) is 3.84. The van der Waals surface area contributed by atoms with Crippen molar-refractivity contribution in [2.45, 2.75) is 24.6 Å². The van der Waals surface area contributed by atoms with Crippen molar-refractivity contribution in [3.05, 3.63) is 41.6 Å². The summed E-state index contributed by atoms with van der Waals surface area (Å²) in [6.45, 7) is 0. The average molecular weight is 267 g/mol. The van der Waals surface area contributed by atoms with Crippen LogP contribution in [0.5, 0.6) is 0 Å². The van der Waals surface area contributed by atoms with Gasteiger partial charge >= 0.3 is 6.18 Å². The molecule has 0 radical (unpaired) electrons. The van der Waals surface area contributed by atoms with Gasteiger partial charge in [0.2, 0.25) is 0 Å². The molecule has 6 heteroatoms. The molecule has 2 aromatic rings. The molecule has 3 rings (SSSR count). The summed E-state index contributed by atoms with van der Waals surface area (Å²) in [5.41, 5.74) is 5.99. The molecule has 1 fully saturated rings. The third kappa shape index (κ3) is 2.02. The molecule has 1 aliphatic rings. The van der Waals surface area contributed by atoms with Gasteiger partial charge < -0.3 is 5.73 Å². The van der Waals surface area contributed by atoms with Gasteiger partial charge in [0.25, 0.3) is 0 Å². The van der Waals surface area contributed by atoms with E-state index in [4.69, 9.17) is 5.73 Å². The van der Waals surface area contributed by atoms with Crippen LogP contribution in [0.25, 0.3) is 11.3 Å². The summed E-state index contributed by atoms with van der Waals surface area (Å²) in [7, 11) is 0. The van der Waals surface area contributed by atoms with Gasteiger partial charge in [0.15, 0.2) is 0 Å². The molecule has 1 aromatic heterocycles. The predicted molar refractivity (Wildman–Crippen MR) is 64.1 cm³/mol. The lowest BCUT2D eigenvalue weighted by Gasteiger charge is -2.14. The number of H-pyrrole nitrogens is 1. The second-order valence-electron chi connectivity index (χ2n) is 4.86. The SMILES string of the molecule is NC1(c2cn[nH]c2-c2ccccc2C(F)(F)F)CC1. The maximum atomic E-state index is 13.0. The molecule has 100 valence electrons. The first-order chi connectivity index (χ1) is 8.92. The van der Waals surface area contributed by atoms with E-state index >= 15 is 0 Å². The number of alkyl halides is 3. The Labute approximate surface area is 107 Å². The summed E-state index contributed by atoms with van der Waals surface area (Å²) in [5.74, 6) is 0. The topological polar surface area (TPSA) is 54.7 Å². The molecule has 0 unspecified atom stereocenters. The molecule has 19 heavy (non-hydrogen) atoms. The Kier molecular flexibility index (Phi) is 2.47. The van der Waals surface area contributed by atoms with Gasteiger partial charge in [-0.05, 0) is 18.9 Å². The summed E-state index contributed by atoms with van der Waals surface area (Å²) in [6.07, 6.45) is -1.33. The van der Waals surface area contributed by atoms with Crippen LogP contribution in [-0.2, 0) is 11.7 Å². The molecular weight excluding hydrogens is 255 g/mol. The van der Waals surface area contributed by atoms with E-state index < -0.39 is 17.3 Å². The fourth-order valence-corrected chi connectivity index (χ4v) is 2.22. The molecule has 0 saturated heterocycles. The lowest BCUT2D eigenvalue weighted by atomic mass is 9.97. The van der Waals surface area contributed by atoms with E-state index in [0.29, 0.717) is 11.3 Å². The van der Waals surface area contributed by atoms with Crippen molar-refractivity contribution in [3.63, 3.8) is 0 Å². The Bertz CT molecular complexity index is 612. The summed E-state index contributed by atoms with van der Waals surface area (Å²) in [5, 5.41) is 6.51. The van der Waals surface area contributed by atoms with Crippen LogP contribution in [-0.4, -0.2) is 10.2 Å². The number of aromatic amines is 1. The molecule has 0 bridgehead atoms. The van der Waals surface area contributed by atoms with Crippen LogP contribution >= 0.6 is 0 Å². The Morgan fingerprint density at radius 3 is 2.53 bits per heavy atom. The third-order valence-electron chi connectivity index (χ3n) is 3.47. The molecule has 0 spiro atoms. The minimum absolute atomic E-state index is 0.0965. The fourth-order valence-electron chi connectivity index (χ4n) is 2.22. The van der Waals surface area contributed by atoms with E-state index in [-0.39, 0.29) is 5.56 Å². The van der Waals surface area contributed by atoms with Gasteiger partial charge in [0.1, 0.15) is 0 Å². The van der Waals surface area contributed by atoms with E-state index in [1.165, 1.54) is 18.3 Å². The van der Waals surface area contributed by atoms with Crippen LogP contribution < -0.4 is 5.73 Å². The summed E-state index contributed by atoms with van der Waals surface area (Å²) in [6, 6.07) is 5.45. The van der Waals surface area contributed by atoms with Crippen molar-refractivity contribution < 1.29 is 13.2 Å². The van der Waals surface area contributed by atoms with Gasteiger partial charge in [-0.2, -0.15) is 18.3 Å². The maximum absolute atomic E-state index is 13.0. The minimum atomic E-state index is -4.40. The van der Waals surface area contributed by atoms with Crippen molar-refractivity contribution in [1.82, 2.24) is 10.2 Å². The Morgan fingerprint density at radius 1 is 1.21 bits per heavy atom. The normalized spacial score (nSPS) is 17.5. The molecule has 0 atom stereocenters. The number of rotatable bonds is 2. The van der Waals surface area contributed by atoms with Crippen LogP contribution in [0.15, 0.2) is 30.5 Å². The zero-order chi connectivity index (χ0) is 13.7.